The Balaban J connectivity index is 1.52. The van der Waals surface area contributed by atoms with Crippen LogP contribution in [0.1, 0.15) is 17.5 Å². The number of aliphatic carboxylic acids is 1. The average Bonchev–Trinajstić information content (AvgIpc) is 3.13. The molecule has 0 radical (unpaired) electrons. The van der Waals surface area contributed by atoms with Crippen LogP contribution in [0.4, 0.5) is 4.79 Å². The standard InChI is InChI=1S/C19H21N3O4/c23-17-3-1-2-9-21(17)12-15-6-4-14(5-7-15)11-20-19(26)22-10-8-16(13-22)18(24)25/h1-7,9,16H,8,10-13H2,(H,20,26)(H,24,25). The summed E-state index contributed by atoms with van der Waals surface area (Å²) >= 11 is 0. The second-order valence-electron chi connectivity index (χ2n) is 6.41. The van der Waals surface area contributed by atoms with Gasteiger partial charge in [0, 0.05) is 31.9 Å². The van der Waals surface area contributed by atoms with Crippen molar-refractivity contribution in [3.05, 3.63) is 70.1 Å². The van der Waals surface area contributed by atoms with E-state index in [0.29, 0.717) is 26.1 Å². The predicted molar refractivity (Wildman–Crippen MR) is 95.8 cm³/mol. The summed E-state index contributed by atoms with van der Waals surface area (Å²) in [7, 11) is 0. The molecule has 7 nitrogen and oxygen atoms in total. The molecule has 0 bridgehead atoms. The highest BCUT2D eigenvalue weighted by molar-refractivity contribution is 5.77. The first-order valence-electron chi connectivity index (χ1n) is 8.52. The van der Waals surface area contributed by atoms with Crippen molar-refractivity contribution < 1.29 is 14.7 Å². The van der Waals surface area contributed by atoms with Crippen molar-refractivity contribution >= 4 is 12.0 Å². The third kappa shape index (κ3) is 4.30. The van der Waals surface area contributed by atoms with Gasteiger partial charge < -0.3 is 19.9 Å². The lowest BCUT2D eigenvalue weighted by atomic mass is 10.1. The third-order valence-corrected chi connectivity index (χ3v) is 4.54. The Hall–Kier alpha value is -3.09. The van der Waals surface area contributed by atoms with Crippen molar-refractivity contribution in [3.63, 3.8) is 0 Å². The molecule has 2 aromatic rings. The molecule has 3 rings (SSSR count). The number of hydrogen-bond donors (Lipinski definition) is 2. The second kappa shape index (κ2) is 7.86. The first kappa shape index (κ1) is 17.7. The molecule has 136 valence electrons. The highest BCUT2D eigenvalue weighted by Crippen LogP contribution is 2.16. The molecular weight excluding hydrogens is 334 g/mol. The molecule has 1 unspecified atom stereocenters. The van der Waals surface area contributed by atoms with Gasteiger partial charge in [-0.15, -0.1) is 0 Å². The molecule has 1 aromatic carbocycles. The minimum Gasteiger partial charge on any atom is -0.481 e. The molecule has 26 heavy (non-hydrogen) atoms. The maximum atomic E-state index is 12.1. The number of carboxylic acid groups (broad SMARTS) is 1. The van der Waals surface area contributed by atoms with Crippen LogP contribution in [0.25, 0.3) is 0 Å². The molecule has 1 fully saturated rings. The van der Waals surface area contributed by atoms with E-state index < -0.39 is 11.9 Å². The minimum atomic E-state index is -0.853. The Morgan fingerprint density at radius 1 is 1.12 bits per heavy atom. The van der Waals surface area contributed by atoms with E-state index in [2.05, 4.69) is 5.32 Å². The van der Waals surface area contributed by atoms with Crippen molar-refractivity contribution in [3.8, 4) is 0 Å². The van der Waals surface area contributed by atoms with Gasteiger partial charge in [0.25, 0.3) is 5.56 Å². The molecule has 2 N–H and O–H groups in total. The van der Waals surface area contributed by atoms with Crippen molar-refractivity contribution in [2.45, 2.75) is 19.5 Å². The third-order valence-electron chi connectivity index (χ3n) is 4.54. The topological polar surface area (TPSA) is 91.6 Å². The molecule has 0 saturated carbocycles. The summed E-state index contributed by atoms with van der Waals surface area (Å²) in [6.45, 7) is 1.59. The minimum absolute atomic E-state index is 0.0471. The van der Waals surface area contributed by atoms with Crippen LogP contribution in [-0.4, -0.2) is 39.7 Å². The van der Waals surface area contributed by atoms with Gasteiger partial charge >= 0.3 is 12.0 Å². The van der Waals surface area contributed by atoms with Gasteiger partial charge in [0.15, 0.2) is 0 Å². The molecule has 0 spiro atoms. The molecule has 1 aliphatic heterocycles. The van der Waals surface area contributed by atoms with Crippen molar-refractivity contribution in [1.82, 2.24) is 14.8 Å². The number of pyridine rings is 1. The second-order valence-corrected chi connectivity index (χ2v) is 6.41. The summed E-state index contributed by atoms with van der Waals surface area (Å²) in [5.74, 6) is -1.32. The summed E-state index contributed by atoms with van der Waals surface area (Å²) in [4.78, 5) is 36.3. The zero-order valence-electron chi connectivity index (χ0n) is 14.3. The van der Waals surface area contributed by atoms with Crippen LogP contribution in [0, 0.1) is 5.92 Å². The maximum absolute atomic E-state index is 12.1. The first-order chi connectivity index (χ1) is 12.5. The number of carboxylic acids is 1. The molecule has 1 atom stereocenters. The smallest absolute Gasteiger partial charge is 0.317 e. The Bertz CT molecular complexity index is 844. The van der Waals surface area contributed by atoms with Gasteiger partial charge in [-0.05, 0) is 23.6 Å². The van der Waals surface area contributed by atoms with Crippen LogP contribution in [-0.2, 0) is 17.9 Å². The van der Waals surface area contributed by atoms with Gasteiger partial charge in [0.05, 0.1) is 12.5 Å². The number of rotatable bonds is 5. The Kier molecular flexibility index (Phi) is 5.36. The number of likely N-dealkylation sites (tertiary alicyclic amines) is 1. The van der Waals surface area contributed by atoms with Gasteiger partial charge in [-0.25, -0.2) is 4.79 Å². The van der Waals surface area contributed by atoms with Crippen LogP contribution in [0.2, 0.25) is 0 Å². The highest BCUT2D eigenvalue weighted by Gasteiger charge is 2.30. The summed E-state index contributed by atoms with van der Waals surface area (Å²) in [6.07, 6.45) is 2.24. The zero-order chi connectivity index (χ0) is 18.5. The molecule has 2 heterocycles. The number of nitrogens with one attached hydrogen (secondary N) is 1. The largest absolute Gasteiger partial charge is 0.481 e. The number of aromatic nitrogens is 1. The number of urea groups is 1. The summed E-state index contributed by atoms with van der Waals surface area (Å²) in [5, 5.41) is 11.8. The lowest BCUT2D eigenvalue weighted by Gasteiger charge is -2.16. The zero-order valence-corrected chi connectivity index (χ0v) is 14.3. The molecule has 1 aliphatic rings. The van der Waals surface area contributed by atoms with E-state index in [-0.39, 0.29) is 18.1 Å². The summed E-state index contributed by atoms with van der Waals surface area (Å²) in [5.41, 5.74) is 1.89. The van der Waals surface area contributed by atoms with Crippen molar-refractivity contribution in [2.75, 3.05) is 13.1 Å². The van der Waals surface area contributed by atoms with Crippen LogP contribution in [0.5, 0.6) is 0 Å². The lowest BCUT2D eigenvalue weighted by Crippen LogP contribution is -2.38. The van der Waals surface area contributed by atoms with Crippen molar-refractivity contribution in [2.24, 2.45) is 5.92 Å². The summed E-state index contributed by atoms with van der Waals surface area (Å²) < 4.78 is 1.63. The molecular formula is C19H21N3O4. The van der Waals surface area contributed by atoms with E-state index in [4.69, 9.17) is 5.11 Å². The number of carbonyl (C=O) groups is 2. The molecule has 0 aliphatic carbocycles. The van der Waals surface area contributed by atoms with E-state index in [9.17, 15) is 14.4 Å². The molecule has 1 saturated heterocycles. The Labute approximate surface area is 150 Å². The Morgan fingerprint density at radius 3 is 2.50 bits per heavy atom. The number of amides is 2. The van der Waals surface area contributed by atoms with Gasteiger partial charge in [-0.1, -0.05) is 30.3 Å². The van der Waals surface area contributed by atoms with E-state index in [0.717, 1.165) is 11.1 Å². The number of benzene rings is 1. The molecule has 1 aromatic heterocycles. The predicted octanol–water partition coefficient (Wildman–Crippen LogP) is 1.51. The van der Waals surface area contributed by atoms with Gasteiger partial charge in [-0.3, -0.25) is 9.59 Å². The van der Waals surface area contributed by atoms with Gasteiger partial charge in [-0.2, -0.15) is 0 Å². The highest BCUT2D eigenvalue weighted by atomic mass is 16.4. The summed E-state index contributed by atoms with van der Waals surface area (Å²) in [6, 6.07) is 12.5. The van der Waals surface area contributed by atoms with Gasteiger partial charge in [0.2, 0.25) is 0 Å². The number of carbonyl (C=O) groups excluding carboxylic acids is 1. The fraction of sp³-hybridized carbons (Fsp3) is 0.316. The van der Waals surface area contributed by atoms with Crippen LogP contribution < -0.4 is 10.9 Å². The van der Waals surface area contributed by atoms with Crippen molar-refractivity contribution in [1.29, 1.82) is 0 Å². The van der Waals surface area contributed by atoms with Crippen LogP contribution >= 0.6 is 0 Å². The maximum Gasteiger partial charge on any atom is 0.317 e. The monoisotopic (exact) mass is 355 g/mol. The van der Waals surface area contributed by atoms with E-state index in [1.165, 1.54) is 11.0 Å². The average molecular weight is 355 g/mol. The molecule has 2 amide bonds. The molecule has 7 heteroatoms. The van der Waals surface area contributed by atoms with E-state index >= 15 is 0 Å². The quantitative estimate of drug-likeness (QED) is 0.850. The van der Waals surface area contributed by atoms with E-state index in [1.807, 2.05) is 30.3 Å². The van der Waals surface area contributed by atoms with Crippen LogP contribution in [0.3, 0.4) is 0 Å². The van der Waals surface area contributed by atoms with Gasteiger partial charge in [0.1, 0.15) is 0 Å². The number of hydrogen-bond acceptors (Lipinski definition) is 3. The lowest BCUT2D eigenvalue weighted by molar-refractivity contribution is -0.141. The van der Waals surface area contributed by atoms with E-state index in [1.54, 1.807) is 16.8 Å². The fourth-order valence-corrected chi connectivity index (χ4v) is 2.99. The Morgan fingerprint density at radius 2 is 1.85 bits per heavy atom. The SMILES string of the molecule is O=C(O)C1CCN(C(=O)NCc2ccc(Cn3ccccc3=O)cc2)C1. The number of nitrogens with zero attached hydrogens (tertiary/aromatic N) is 2. The first-order valence-corrected chi connectivity index (χ1v) is 8.52. The van der Waals surface area contributed by atoms with Crippen LogP contribution in [0.15, 0.2) is 53.5 Å². The normalized spacial score (nSPS) is 16.5. The fourth-order valence-electron chi connectivity index (χ4n) is 2.99.